The van der Waals surface area contributed by atoms with Crippen molar-refractivity contribution in [2.45, 2.75) is 25.2 Å². The Morgan fingerprint density at radius 2 is 1.95 bits per heavy atom. The second-order valence-corrected chi connectivity index (χ2v) is 5.59. The molecule has 21 heavy (non-hydrogen) atoms. The Hall–Kier alpha value is -2.43. The number of ether oxygens (including phenoxy) is 1. The predicted octanol–water partition coefficient (Wildman–Crippen LogP) is 2.07. The van der Waals surface area contributed by atoms with E-state index in [-0.39, 0.29) is 11.1 Å². The smallest absolute Gasteiger partial charge is 0.339 e. The molecule has 5 nitrogen and oxygen atoms in total. The van der Waals surface area contributed by atoms with E-state index in [0.717, 1.165) is 0 Å². The highest BCUT2D eigenvalue weighted by Crippen LogP contribution is 2.47. The summed E-state index contributed by atoms with van der Waals surface area (Å²) in [5.74, 6) is -0.566. The van der Waals surface area contributed by atoms with Crippen molar-refractivity contribution >= 4 is 5.97 Å². The molecule has 0 atom stereocenters. The largest absolute Gasteiger partial charge is 0.465 e. The number of aromatic nitrogens is 2. The minimum Gasteiger partial charge on any atom is -0.465 e. The molecule has 1 aliphatic carbocycles. The number of nitrogens with zero attached hydrogens (tertiary/aromatic N) is 2. The molecule has 0 amide bonds. The fourth-order valence-electron chi connectivity index (χ4n) is 2.31. The molecule has 0 radical (unpaired) electrons. The van der Waals surface area contributed by atoms with Gasteiger partial charge >= 0.3 is 5.97 Å². The molecule has 0 bridgehead atoms. The number of methoxy groups -OCH3 is 1. The van der Waals surface area contributed by atoms with Crippen LogP contribution in [0.2, 0.25) is 0 Å². The molecular formula is C16H16N2O3. The minimum atomic E-state index is -0.566. The van der Waals surface area contributed by atoms with E-state index in [4.69, 9.17) is 0 Å². The summed E-state index contributed by atoms with van der Waals surface area (Å²) < 4.78 is 5.84. The third-order valence-corrected chi connectivity index (χ3v) is 4.03. The molecule has 2 aromatic rings. The van der Waals surface area contributed by atoms with E-state index in [2.05, 4.69) is 16.8 Å². The van der Waals surface area contributed by atoms with Gasteiger partial charge in [-0.1, -0.05) is 19.1 Å². The molecule has 0 unspecified atom stereocenters. The van der Waals surface area contributed by atoms with Crippen LogP contribution in [-0.4, -0.2) is 22.9 Å². The van der Waals surface area contributed by atoms with Crippen molar-refractivity contribution in [3.8, 4) is 5.69 Å². The van der Waals surface area contributed by atoms with Gasteiger partial charge in [0.25, 0.3) is 5.56 Å². The van der Waals surface area contributed by atoms with Crippen LogP contribution in [0, 0.1) is 0 Å². The number of benzene rings is 1. The molecule has 0 aliphatic heterocycles. The molecule has 108 valence electrons. The van der Waals surface area contributed by atoms with E-state index in [1.807, 2.05) is 24.3 Å². The SMILES string of the molecule is COC(=O)c1cnn(-c2ccc(C3(C)CC3)cc2)c(=O)c1. The molecule has 1 fully saturated rings. The molecule has 0 N–H and O–H groups in total. The number of carbonyl (C=O) groups excluding carboxylic acids is 1. The lowest BCUT2D eigenvalue weighted by Crippen LogP contribution is -2.22. The topological polar surface area (TPSA) is 61.2 Å². The van der Waals surface area contributed by atoms with Crippen LogP contribution in [0.1, 0.15) is 35.7 Å². The molecule has 1 saturated carbocycles. The van der Waals surface area contributed by atoms with E-state index in [1.165, 1.54) is 42.5 Å². The van der Waals surface area contributed by atoms with E-state index < -0.39 is 5.97 Å². The summed E-state index contributed by atoms with van der Waals surface area (Å²) in [5.41, 5.74) is 2.06. The summed E-state index contributed by atoms with van der Waals surface area (Å²) in [6.45, 7) is 2.23. The van der Waals surface area contributed by atoms with Crippen LogP contribution in [0.5, 0.6) is 0 Å². The van der Waals surface area contributed by atoms with Crippen LogP contribution in [0.3, 0.4) is 0 Å². The third-order valence-electron chi connectivity index (χ3n) is 4.03. The Labute approximate surface area is 122 Å². The van der Waals surface area contributed by atoms with Crippen molar-refractivity contribution in [3.63, 3.8) is 0 Å². The van der Waals surface area contributed by atoms with Crippen LogP contribution in [-0.2, 0) is 10.2 Å². The van der Waals surface area contributed by atoms with Gasteiger partial charge in [0.1, 0.15) is 0 Å². The maximum Gasteiger partial charge on any atom is 0.339 e. The standard InChI is InChI=1S/C16H16N2O3/c1-16(7-8-16)12-3-5-13(6-4-12)18-14(19)9-11(10-17-18)15(20)21-2/h3-6,9-10H,7-8H2,1-2H3. The van der Waals surface area contributed by atoms with E-state index >= 15 is 0 Å². The van der Waals surface area contributed by atoms with Gasteiger partial charge in [-0.15, -0.1) is 0 Å². The number of esters is 1. The van der Waals surface area contributed by atoms with Gasteiger partial charge in [-0.2, -0.15) is 9.78 Å². The summed E-state index contributed by atoms with van der Waals surface area (Å²) in [6, 6.07) is 9.06. The average molecular weight is 284 g/mol. The summed E-state index contributed by atoms with van der Waals surface area (Å²) in [5, 5.41) is 4.03. The molecule has 0 spiro atoms. The summed E-state index contributed by atoms with van der Waals surface area (Å²) >= 11 is 0. The van der Waals surface area contributed by atoms with Crippen LogP contribution >= 0.6 is 0 Å². The lowest BCUT2D eigenvalue weighted by molar-refractivity contribution is 0.0599. The molecule has 1 heterocycles. The van der Waals surface area contributed by atoms with Crippen LogP contribution in [0.25, 0.3) is 5.69 Å². The van der Waals surface area contributed by atoms with Crippen molar-refractivity contribution in [2.75, 3.05) is 7.11 Å². The van der Waals surface area contributed by atoms with Crippen molar-refractivity contribution in [3.05, 3.63) is 58.0 Å². The Morgan fingerprint density at radius 3 is 2.48 bits per heavy atom. The van der Waals surface area contributed by atoms with Crippen LogP contribution < -0.4 is 5.56 Å². The highest BCUT2D eigenvalue weighted by Gasteiger charge is 2.38. The zero-order chi connectivity index (χ0) is 15.0. The highest BCUT2D eigenvalue weighted by molar-refractivity contribution is 5.88. The van der Waals surface area contributed by atoms with Gasteiger partial charge in [0, 0.05) is 6.07 Å². The summed E-state index contributed by atoms with van der Waals surface area (Å²) in [6.07, 6.45) is 3.75. The second kappa shape index (κ2) is 4.84. The quantitative estimate of drug-likeness (QED) is 0.810. The zero-order valence-corrected chi connectivity index (χ0v) is 12.0. The molecule has 5 heteroatoms. The van der Waals surface area contributed by atoms with Crippen LogP contribution in [0.4, 0.5) is 0 Å². The lowest BCUT2D eigenvalue weighted by Gasteiger charge is -2.10. The predicted molar refractivity (Wildman–Crippen MR) is 77.8 cm³/mol. The van der Waals surface area contributed by atoms with Gasteiger partial charge in [-0.05, 0) is 36.0 Å². The Morgan fingerprint density at radius 1 is 1.29 bits per heavy atom. The minimum absolute atomic E-state index is 0.154. The number of rotatable bonds is 3. The zero-order valence-electron chi connectivity index (χ0n) is 12.0. The van der Waals surface area contributed by atoms with E-state index in [9.17, 15) is 9.59 Å². The summed E-state index contributed by atoms with van der Waals surface area (Å²) in [4.78, 5) is 23.4. The molecule has 3 rings (SSSR count). The van der Waals surface area contributed by atoms with Gasteiger partial charge in [0.2, 0.25) is 0 Å². The Kier molecular flexibility index (Phi) is 3.12. The second-order valence-electron chi connectivity index (χ2n) is 5.59. The molecule has 1 aromatic carbocycles. The lowest BCUT2D eigenvalue weighted by atomic mass is 9.98. The fourth-order valence-corrected chi connectivity index (χ4v) is 2.31. The molecule has 1 aliphatic rings. The summed E-state index contributed by atoms with van der Waals surface area (Å²) in [7, 11) is 1.27. The number of hydrogen-bond donors (Lipinski definition) is 0. The number of carbonyl (C=O) groups is 1. The van der Waals surface area contributed by atoms with Gasteiger partial charge in [0.05, 0.1) is 24.6 Å². The average Bonchev–Trinajstić information content (AvgIpc) is 3.25. The van der Waals surface area contributed by atoms with Crippen LogP contribution in [0.15, 0.2) is 41.3 Å². The fraction of sp³-hybridized carbons (Fsp3) is 0.312. The maximum absolute atomic E-state index is 12.0. The van der Waals surface area contributed by atoms with Gasteiger partial charge in [-0.25, -0.2) is 4.79 Å². The third kappa shape index (κ3) is 2.46. The highest BCUT2D eigenvalue weighted by atomic mass is 16.5. The van der Waals surface area contributed by atoms with Crippen molar-refractivity contribution < 1.29 is 9.53 Å². The van der Waals surface area contributed by atoms with Crippen molar-refractivity contribution in [2.24, 2.45) is 0 Å². The van der Waals surface area contributed by atoms with Gasteiger partial charge in [0.15, 0.2) is 0 Å². The molecular weight excluding hydrogens is 268 g/mol. The number of hydrogen-bond acceptors (Lipinski definition) is 4. The first kappa shape index (κ1) is 13.5. The van der Waals surface area contributed by atoms with E-state index in [1.54, 1.807) is 0 Å². The first-order valence-electron chi connectivity index (χ1n) is 6.82. The van der Waals surface area contributed by atoms with E-state index in [0.29, 0.717) is 11.1 Å². The first-order chi connectivity index (χ1) is 10.0. The monoisotopic (exact) mass is 284 g/mol. The van der Waals surface area contributed by atoms with Gasteiger partial charge in [-0.3, -0.25) is 4.79 Å². The van der Waals surface area contributed by atoms with Crippen molar-refractivity contribution in [1.82, 2.24) is 9.78 Å². The van der Waals surface area contributed by atoms with Gasteiger partial charge < -0.3 is 4.74 Å². The Balaban J connectivity index is 1.93. The first-order valence-corrected chi connectivity index (χ1v) is 6.82. The Bertz CT molecular complexity index is 743. The van der Waals surface area contributed by atoms with Crippen molar-refractivity contribution in [1.29, 1.82) is 0 Å². The molecule has 0 saturated heterocycles. The molecule has 1 aromatic heterocycles. The normalized spacial score (nSPS) is 15.5. The maximum atomic E-state index is 12.0.